The molecule has 0 spiro atoms. The summed E-state index contributed by atoms with van der Waals surface area (Å²) in [6.07, 6.45) is 5.79. The quantitative estimate of drug-likeness (QED) is 0.291. The third-order valence-corrected chi connectivity index (χ3v) is 5.36. The molecule has 1 unspecified atom stereocenters. The fourth-order valence-electron chi connectivity index (χ4n) is 3.79. The Kier molecular flexibility index (Phi) is 10.3. The van der Waals surface area contributed by atoms with Crippen molar-refractivity contribution in [2.75, 3.05) is 0 Å². The first-order valence-corrected chi connectivity index (χ1v) is 11.6. The van der Waals surface area contributed by atoms with Gasteiger partial charge >= 0.3 is 0 Å². The highest BCUT2D eigenvalue weighted by Crippen LogP contribution is 2.30. The van der Waals surface area contributed by atoms with Gasteiger partial charge in [0.05, 0.1) is 5.92 Å². The van der Waals surface area contributed by atoms with E-state index in [1.165, 1.54) is 28.1 Å². The normalized spacial score (nSPS) is 11.1. The predicted molar refractivity (Wildman–Crippen MR) is 136 cm³/mol. The van der Waals surface area contributed by atoms with Crippen molar-refractivity contribution >= 4 is 6.29 Å². The molecule has 3 nitrogen and oxygen atoms in total. The van der Waals surface area contributed by atoms with Crippen molar-refractivity contribution in [3.63, 3.8) is 0 Å². The van der Waals surface area contributed by atoms with E-state index in [2.05, 4.69) is 65.4 Å². The summed E-state index contributed by atoms with van der Waals surface area (Å²) in [5.41, 5.74) is 6.91. The number of hydrogen-bond acceptors (Lipinski definition) is 1. The number of nitrogens with one attached hydrogen (secondary N) is 2. The minimum Gasteiger partial charge on any atom is -0.364 e. The van der Waals surface area contributed by atoms with Gasteiger partial charge in [0.15, 0.2) is 0 Å². The third-order valence-electron chi connectivity index (χ3n) is 5.36. The Balaban J connectivity index is 0.000000860. The van der Waals surface area contributed by atoms with Gasteiger partial charge in [-0.05, 0) is 53.3 Å². The Morgan fingerprint density at radius 1 is 0.719 bits per heavy atom. The van der Waals surface area contributed by atoms with E-state index in [1.54, 1.807) is 0 Å². The van der Waals surface area contributed by atoms with E-state index < -0.39 is 0 Å². The first kappa shape index (κ1) is 24.9. The largest absolute Gasteiger partial charge is 0.364 e. The maximum atomic E-state index is 10.8. The third kappa shape index (κ3) is 6.34. The van der Waals surface area contributed by atoms with E-state index in [4.69, 9.17) is 0 Å². The summed E-state index contributed by atoms with van der Waals surface area (Å²) in [5, 5.41) is 0. The standard InChI is InChI=1S/C25H24N2O.2C2H6/c1-18(21-10-8-20(17-28)9-11-21)16-19-6-12-22(13-7-19)25(23-4-2-14-26-23)24-5-3-15-27-24;2*1-2/h2-15,17-18,25-27H,16H2,1H3;2*1-2H3. The van der Waals surface area contributed by atoms with E-state index >= 15 is 0 Å². The molecule has 168 valence electrons. The first-order valence-electron chi connectivity index (χ1n) is 11.6. The molecule has 2 heterocycles. The van der Waals surface area contributed by atoms with Gasteiger partial charge in [-0.2, -0.15) is 0 Å². The summed E-state index contributed by atoms with van der Waals surface area (Å²) >= 11 is 0. The molecule has 0 aliphatic rings. The lowest BCUT2D eigenvalue weighted by molar-refractivity contribution is 0.112. The molecule has 0 amide bonds. The van der Waals surface area contributed by atoms with Crippen LogP contribution in [0.5, 0.6) is 0 Å². The van der Waals surface area contributed by atoms with Crippen LogP contribution in [0.1, 0.15) is 84.9 Å². The SMILES string of the molecule is CC.CC.CC(Cc1ccc(C(c2ccc[nH]2)c2ccc[nH]2)cc1)c1ccc(C=O)cc1. The number of aromatic amines is 2. The van der Waals surface area contributed by atoms with Gasteiger partial charge in [-0.15, -0.1) is 0 Å². The molecule has 3 heteroatoms. The van der Waals surface area contributed by atoms with Crippen LogP contribution in [-0.4, -0.2) is 16.3 Å². The summed E-state index contributed by atoms with van der Waals surface area (Å²) in [4.78, 5) is 17.5. The highest BCUT2D eigenvalue weighted by atomic mass is 16.1. The molecule has 0 saturated carbocycles. The molecule has 2 aromatic heterocycles. The predicted octanol–water partition coefficient (Wildman–Crippen LogP) is 7.73. The Morgan fingerprint density at radius 3 is 1.66 bits per heavy atom. The number of aromatic nitrogens is 2. The molecule has 1 atom stereocenters. The number of aldehydes is 1. The van der Waals surface area contributed by atoms with Crippen LogP contribution in [0.2, 0.25) is 0 Å². The minimum atomic E-state index is 0.173. The van der Waals surface area contributed by atoms with Crippen molar-refractivity contribution in [3.8, 4) is 0 Å². The number of carbonyl (C=O) groups is 1. The Labute approximate surface area is 192 Å². The van der Waals surface area contributed by atoms with E-state index in [0.717, 1.165) is 18.3 Å². The summed E-state index contributed by atoms with van der Waals surface area (Å²) in [6.45, 7) is 10.2. The lowest BCUT2D eigenvalue weighted by atomic mass is 9.89. The molecule has 2 aromatic carbocycles. The van der Waals surface area contributed by atoms with Crippen LogP contribution < -0.4 is 0 Å². The molecule has 4 aromatic rings. The Bertz CT molecular complexity index is 964. The number of benzene rings is 2. The zero-order valence-corrected chi connectivity index (χ0v) is 19.9. The van der Waals surface area contributed by atoms with Crippen molar-refractivity contribution in [3.05, 3.63) is 119 Å². The number of carbonyl (C=O) groups excluding carboxylic acids is 1. The van der Waals surface area contributed by atoms with E-state index in [1.807, 2.05) is 64.4 Å². The van der Waals surface area contributed by atoms with Crippen LogP contribution in [0, 0.1) is 0 Å². The monoisotopic (exact) mass is 428 g/mol. The molecule has 0 aliphatic carbocycles. The van der Waals surface area contributed by atoms with Crippen molar-refractivity contribution in [1.29, 1.82) is 0 Å². The molecule has 4 rings (SSSR count). The lowest BCUT2D eigenvalue weighted by Gasteiger charge is -2.17. The minimum absolute atomic E-state index is 0.173. The van der Waals surface area contributed by atoms with Crippen molar-refractivity contribution < 1.29 is 4.79 Å². The van der Waals surface area contributed by atoms with Crippen LogP contribution in [0.25, 0.3) is 0 Å². The second kappa shape index (κ2) is 13.2. The Hall–Kier alpha value is -3.33. The average Bonchev–Trinajstić information content (AvgIpc) is 3.58. The second-order valence-corrected chi connectivity index (χ2v) is 7.32. The van der Waals surface area contributed by atoms with E-state index in [0.29, 0.717) is 5.92 Å². The van der Waals surface area contributed by atoms with Crippen LogP contribution in [0.15, 0.2) is 85.2 Å². The van der Waals surface area contributed by atoms with Gasteiger partial charge in [0.1, 0.15) is 6.29 Å². The zero-order valence-electron chi connectivity index (χ0n) is 19.9. The van der Waals surface area contributed by atoms with E-state index in [-0.39, 0.29) is 5.92 Å². The summed E-state index contributed by atoms with van der Waals surface area (Å²) < 4.78 is 0. The molecule has 2 N–H and O–H groups in total. The molecular weight excluding hydrogens is 392 g/mol. The summed E-state index contributed by atoms with van der Waals surface area (Å²) in [7, 11) is 0. The maximum Gasteiger partial charge on any atom is 0.150 e. The van der Waals surface area contributed by atoms with Gasteiger partial charge in [0, 0.05) is 29.3 Å². The van der Waals surface area contributed by atoms with Gasteiger partial charge in [-0.3, -0.25) is 4.79 Å². The van der Waals surface area contributed by atoms with Gasteiger partial charge in [0.25, 0.3) is 0 Å². The number of hydrogen-bond donors (Lipinski definition) is 2. The highest BCUT2D eigenvalue weighted by molar-refractivity contribution is 5.74. The van der Waals surface area contributed by atoms with E-state index in [9.17, 15) is 4.79 Å². The maximum absolute atomic E-state index is 10.8. The lowest BCUT2D eigenvalue weighted by Crippen LogP contribution is -2.05. The molecular formula is C29H36N2O. The van der Waals surface area contributed by atoms with Crippen LogP contribution in [0.4, 0.5) is 0 Å². The summed E-state index contributed by atoms with van der Waals surface area (Å²) in [5.74, 6) is 0.571. The molecule has 0 saturated heterocycles. The topological polar surface area (TPSA) is 48.6 Å². The molecule has 0 aliphatic heterocycles. The van der Waals surface area contributed by atoms with Crippen LogP contribution >= 0.6 is 0 Å². The second-order valence-electron chi connectivity index (χ2n) is 7.32. The average molecular weight is 429 g/mol. The molecule has 0 bridgehead atoms. The summed E-state index contributed by atoms with van der Waals surface area (Å²) in [6, 6.07) is 25.1. The smallest absolute Gasteiger partial charge is 0.150 e. The van der Waals surface area contributed by atoms with Gasteiger partial charge in [0.2, 0.25) is 0 Å². The van der Waals surface area contributed by atoms with Gasteiger partial charge in [-0.1, -0.05) is 83.1 Å². The fourth-order valence-corrected chi connectivity index (χ4v) is 3.79. The molecule has 0 radical (unpaired) electrons. The first-order chi connectivity index (χ1) is 15.7. The number of H-pyrrole nitrogens is 2. The van der Waals surface area contributed by atoms with Crippen molar-refractivity contribution in [1.82, 2.24) is 9.97 Å². The van der Waals surface area contributed by atoms with Crippen molar-refractivity contribution in [2.24, 2.45) is 0 Å². The van der Waals surface area contributed by atoms with Gasteiger partial charge < -0.3 is 9.97 Å². The zero-order chi connectivity index (χ0) is 23.3. The Morgan fingerprint density at radius 2 is 1.22 bits per heavy atom. The van der Waals surface area contributed by atoms with Crippen LogP contribution in [-0.2, 0) is 6.42 Å². The van der Waals surface area contributed by atoms with Gasteiger partial charge in [-0.25, -0.2) is 0 Å². The fraction of sp³-hybridized carbons (Fsp3) is 0.276. The molecule has 32 heavy (non-hydrogen) atoms. The van der Waals surface area contributed by atoms with Crippen molar-refractivity contribution in [2.45, 2.75) is 52.9 Å². The highest BCUT2D eigenvalue weighted by Gasteiger charge is 2.18. The number of rotatable bonds is 7. The molecule has 0 fully saturated rings. The van der Waals surface area contributed by atoms with Crippen LogP contribution in [0.3, 0.4) is 0 Å².